The Kier molecular flexibility index (Phi) is 8.57. The molecule has 1 atom stereocenters. The molecule has 0 bridgehead atoms. The van der Waals surface area contributed by atoms with Gasteiger partial charge in [0.25, 0.3) is 0 Å². The zero-order valence-electron chi connectivity index (χ0n) is 23.3. The fourth-order valence-electron chi connectivity index (χ4n) is 6.57. The molecular formula is C29H41BrClN3O5. The molecule has 1 spiro atoms. The number of ether oxygens (including phenoxy) is 3. The van der Waals surface area contributed by atoms with E-state index in [2.05, 4.69) is 21.0 Å². The van der Waals surface area contributed by atoms with Crippen LogP contribution in [0, 0.1) is 5.41 Å². The molecule has 1 aliphatic carbocycles. The van der Waals surface area contributed by atoms with E-state index in [1.54, 1.807) is 0 Å². The van der Waals surface area contributed by atoms with Crippen molar-refractivity contribution in [1.82, 2.24) is 14.7 Å². The zero-order valence-corrected chi connectivity index (χ0v) is 25.7. The number of rotatable bonds is 7. The van der Waals surface area contributed by atoms with E-state index in [-0.39, 0.29) is 17.7 Å². The number of likely N-dealkylation sites (tertiary alicyclic amines) is 1. The van der Waals surface area contributed by atoms with Crippen LogP contribution in [-0.2, 0) is 20.6 Å². The van der Waals surface area contributed by atoms with E-state index in [9.17, 15) is 9.90 Å². The van der Waals surface area contributed by atoms with Gasteiger partial charge in [0.15, 0.2) is 6.23 Å². The Hall–Kier alpha value is -1.39. The molecule has 1 unspecified atom stereocenters. The highest BCUT2D eigenvalue weighted by molar-refractivity contribution is 9.10. The summed E-state index contributed by atoms with van der Waals surface area (Å²) in [5.41, 5.74) is 0.724. The first-order valence-electron chi connectivity index (χ1n) is 14.2. The second kappa shape index (κ2) is 11.5. The maximum atomic E-state index is 12.6. The van der Waals surface area contributed by atoms with Gasteiger partial charge in [0, 0.05) is 41.2 Å². The Bertz CT molecular complexity index is 1180. The van der Waals surface area contributed by atoms with Crippen molar-refractivity contribution in [3.8, 4) is 0 Å². The molecule has 1 amide bonds. The number of amides is 1. The predicted molar refractivity (Wildman–Crippen MR) is 154 cm³/mol. The lowest BCUT2D eigenvalue weighted by Gasteiger charge is -2.57. The van der Waals surface area contributed by atoms with Gasteiger partial charge >= 0.3 is 6.09 Å². The number of hydrogen-bond donors (Lipinski definition) is 1. The van der Waals surface area contributed by atoms with Gasteiger partial charge in [0.1, 0.15) is 5.60 Å². The number of fused-ring (bicyclic) bond motifs is 1. The molecule has 1 aromatic heterocycles. The van der Waals surface area contributed by atoms with Gasteiger partial charge in [-0.25, -0.2) is 9.48 Å². The van der Waals surface area contributed by atoms with Crippen LogP contribution in [0.5, 0.6) is 0 Å². The van der Waals surface area contributed by atoms with Crippen LogP contribution in [0.2, 0.25) is 5.02 Å². The number of aliphatic hydroxyl groups is 1. The number of piperidine rings is 1. The summed E-state index contributed by atoms with van der Waals surface area (Å²) in [7, 11) is 0. The van der Waals surface area contributed by atoms with Crippen LogP contribution < -0.4 is 0 Å². The van der Waals surface area contributed by atoms with Crippen molar-refractivity contribution in [3.63, 3.8) is 0 Å². The maximum Gasteiger partial charge on any atom is 0.410 e. The summed E-state index contributed by atoms with van der Waals surface area (Å²) in [5.74, 6) is 0. The highest BCUT2D eigenvalue weighted by Crippen LogP contribution is 2.55. The average Bonchev–Trinajstić information content (AvgIpc) is 3.28. The third kappa shape index (κ3) is 6.58. The second-order valence-electron chi connectivity index (χ2n) is 12.7. The van der Waals surface area contributed by atoms with Crippen molar-refractivity contribution in [2.24, 2.45) is 5.41 Å². The normalized spacial score (nSPS) is 27.6. The summed E-state index contributed by atoms with van der Waals surface area (Å²) in [6, 6.07) is 1.98. The minimum atomic E-state index is -0.732. The van der Waals surface area contributed by atoms with E-state index in [0.29, 0.717) is 50.5 Å². The minimum absolute atomic E-state index is 0.00912. The number of nitrogens with zero attached hydrogens (tertiary/aromatic N) is 3. The van der Waals surface area contributed by atoms with Gasteiger partial charge in [-0.2, -0.15) is 5.10 Å². The number of carbonyl (C=O) groups excluding carboxylic acids is 1. The van der Waals surface area contributed by atoms with E-state index in [1.807, 2.05) is 42.6 Å². The van der Waals surface area contributed by atoms with E-state index < -0.39 is 11.2 Å². The van der Waals surface area contributed by atoms with Crippen LogP contribution in [0.4, 0.5) is 4.79 Å². The summed E-state index contributed by atoms with van der Waals surface area (Å²) >= 11 is 10.5. The first-order valence-corrected chi connectivity index (χ1v) is 15.4. The molecule has 10 heteroatoms. The van der Waals surface area contributed by atoms with Crippen LogP contribution in [0.25, 0.3) is 10.9 Å². The lowest BCUT2D eigenvalue weighted by molar-refractivity contribution is -0.161. The molecule has 3 fully saturated rings. The standard InChI is InChI=1S/C29H41BrClN3O5/c1-27(2,3)39-26(35)33-11-6-9-28(19-33)17-29(36,18-28)10-14-37-13-8-20-22(31)15-23-21(25(20)30)16-32-34(23)24-7-4-5-12-38-24/h15-16,24,36H,4-14,17-19H2,1-3H3. The molecule has 3 heterocycles. The van der Waals surface area contributed by atoms with Crippen molar-refractivity contribution in [2.75, 3.05) is 32.9 Å². The number of benzene rings is 1. The van der Waals surface area contributed by atoms with Crippen molar-refractivity contribution in [1.29, 1.82) is 0 Å². The Morgan fingerprint density at radius 2 is 2.08 bits per heavy atom. The van der Waals surface area contributed by atoms with E-state index in [4.69, 9.17) is 25.8 Å². The zero-order chi connectivity index (χ0) is 27.8. The van der Waals surface area contributed by atoms with E-state index in [0.717, 1.165) is 66.2 Å². The van der Waals surface area contributed by atoms with Gasteiger partial charge in [-0.3, -0.25) is 0 Å². The summed E-state index contributed by atoms with van der Waals surface area (Å²) in [6.07, 6.45) is 9.38. The molecule has 216 valence electrons. The molecule has 39 heavy (non-hydrogen) atoms. The molecule has 2 aromatic rings. The summed E-state index contributed by atoms with van der Waals surface area (Å²) in [4.78, 5) is 14.4. The molecule has 2 aliphatic heterocycles. The molecule has 1 N–H and O–H groups in total. The molecule has 1 aromatic carbocycles. The molecule has 8 nitrogen and oxygen atoms in total. The maximum absolute atomic E-state index is 12.6. The van der Waals surface area contributed by atoms with Gasteiger partial charge in [0.05, 0.1) is 23.9 Å². The highest BCUT2D eigenvalue weighted by atomic mass is 79.9. The molecule has 3 aliphatic rings. The van der Waals surface area contributed by atoms with Crippen molar-refractivity contribution in [3.05, 3.63) is 27.3 Å². The lowest BCUT2D eigenvalue weighted by Crippen LogP contribution is -2.60. The van der Waals surface area contributed by atoms with Gasteiger partial charge < -0.3 is 24.2 Å². The van der Waals surface area contributed by atoms with E-state index in [1.165, 1.54) is 0 Å². The first kappa shape index (κ1) is 29.1. The molecule has 1 saturated carbocycles. The third-order valence-corrected chi connectivity index (χ3v) is 9.49. The number of halogens is 2. The van der Waals surface area contributed by atoms with Gasteiger partial charge in [-0.05, 0) is 112 Å². The predicted octanol–water partition coefficient (Wildman–Crippen LogP) is 6.64. The quantitative estimate of drug-likeness (QED) is 0.347. The monoisotopic (exact) mass is 625 g/mol. The second-order valence-corrected chi connectivity index (χ2v) is 13.9. The first-order chi connectivity index (χ1) is 18.5. The van der Waals surface area contributed by atoms with Gasteiger partial charge in [0.2, 0.25) is 0 Å². The van der Waals surface area contributed by atoms with Gasteiger partial charge in [-0.15, -0.1) is 0 Å². The van der Waals surface area contributed by atoms with E-state index >= 15 is 0 Å². The van der Waals surface area contributed by atoms with Crippen molar-refractivity contribution >= 4 is 44.5 Å². The summed E-state index contributed by atoms with van der Waals surface area (Å²) in [6.45, 7) is 8.79. The Morgan fingerprint density at radius 1 is 1.28 bits per heavy atom. The Morgan fingerprint density at radius 3 is 2.79 bits per heavy atom. The summed E-state index contributed by atoms with van der Waals surface area (Å²) < 4.78 is 20.3. The fourth-order valence-corrected chi connectivity index (χ4v) is 7.70. The highest BCUT2D eigenvalue weighted by Gasteiger charge is 2.55. The van der Waals surface area contributed by atoms with Gasteiger partial charge in [-0.1, -0.05) is 11.6 Å². The molecule has 5 rings (SSSR count). The Labute approximate surface area is 244 Å². The van der Waals surface area contributed by atoms with Crippen LogP contribution >= 0.6 is 27.5 Å². The molecule has 0 radical (unpaired) electrons. The fraction of sp³-hybridized carbons (Fsp3) is 0.724. The summed E-state index contributed by atoms with van der Waals surface area (Å²) in [5, 5.41) is 17.4. The number of aromatic nitrogens is 2. The topological polar surface area (TPSA) is 86.0 Å². The SMILES string of the molecule is CC(C)(C)OC(=O)N1CCCC2(C1)CC(O)(CCOCCc1c(Cl)cc3c(cnn3C3CCCCO3)c1Br)C2. The number of carbonyl (C=O) groups is 1. The average molecular weight is 627 g/mol. The van der Waals surface area contributed by atoms with Crippen molar-refractivity contribution < 1.29 is 24.1 Å². The van der Waals surface area contributed by atoms with Crippen molar-refractivity contribution in [2.45, 2.75) is 96.0 Å². The minimum Gasteiger partial charge on any atom is -0.444 e. The molecule has 2 saturated heterocycles. The van der Waals surface area contributed by atoms with Crippen LogP contribution in [0.3, 0.4) is 0 Å². The molecular weight excluding hydrogens is 586 g/mol. The third-order valence-electron chi connectivity index (χ3n) is 8.24. The lowest BCUT2D eigenvalue weighted by atomic mass is 9.55. The van der Waals surface area contributed by atoms with Crippen LogP contribution in [-0.4, -0.2) is 70.0 Å². The number of hydrogen-bond acceptors (Lipinski definition) is 6. The van der Waals surface area contributed by atoms with Crippen LogP contribution in [0.15, 0.2) is 16.7 Å². The smallest absolute Gasteiger partial charge is 0.410 e. The largest absolute Gasteiger partial charge is 0.444 e. The Balaban J connectivity index is 1.09. The van der Waals surface area contributed by atoms with Crippen LogP contribution in [0.1, 0.15) is 83.9 Å².